The number of nitrogens with one attached hydrogen (secondary N) is 2. The number of carbonyl (C=O) groups is 1. The quantitative estimate of drug-likeness (QED) is 0.688. The molecule has 0 unspecified atom stereocenters. The topological polar surface area (TPSA) is 96.9 Å². The third-order valence-corrected chi connectivity index (χ3v) is 4.70. The minimum absolute atomic E-state index is 0.0172. The number of halogens is 1. The van der Waals surface area contributed by atoms with Gasteiger partial charge < -0.3 is 5.32 Å². The van der Waals surface area contributed by atoms with Crippen LogP contribution in [0.15, 0.2) is 39.9 Å². The number of carbonyl (C=O) groups excluding carboxylic acids is 1. The molecule has 2 aromatic heterocycles. The standard InChI is InChI=1S/C20H21ClN4O3/c1-4-25-17-16(19(27)24-20(25)28)14(9-15(23-17)11(2)3)18(26)22-10-12-6-5-7-13(21)8-12/h5-9,11H,4,10H2,1-3H3,(H,22,26)(H,24,27,28). The van der Waals surface area contributed by atoms with Crippen LogP contribution in [0.4, 0.5) is 0 Å². The lowest BCUT2D eigenvalue weighted by molar-refractivity contribution is 0.0952. The van der Waals surface area contributed by atoms with Crippen LogP contribution in [0, 0.1) is 0 Å². The predicted molar refractivity (Wildman–Crippen MR) is 109 cm³/mol. The van der Waals surface area contributed by atoms with Gasteiger partial charge in [0.05, 0.1) is 10.9 Å². The summed E-state index contributed by atoms with van der Waals surface area (Å²) < 4.78 is 1.36. The monoisotopic (exact) mass is 400 g/mol. The summed E-state index contributed by atoms with van der Waals surface area (Å²) in [5.41, 5.74) is 0.712. The molecule has 0 spiro atoms. The molecule has 146 valence electrons. The molecule has 0 radical (unpaired) electrons. The van der Waals surface area contributed by atoms with Crippen molar-refractivity contribution in [3.8, 4) is 0 Å². The molecule has 0 aliphatic carbocycles. The average Bonchev–Trinajstić information content (AvgIpc) is 2.65. The summed E-state index contributed by atoms with van der Waals surface area (Å²) in [6, 6.07) is 8.76. The Kier molecular flexibility index (Phi) is 5.65. The Bertz CT molecular complexity index is 1160. The van der Waals surface area contributed by atoms with Crippen LogP contribution < -0.4 is 16.6 Å². The number of hydrogen-bond donors (Lipinski definition) is 2. The van der Waals surface area contributed by atoms with E-state index in [-0.39, 0.29) is 29.1 Å². The van der Waals surface area contributed by atoms with E-state index in [0.717, 1.165) is 5.56 Å². The highest BCUT2D eigenvalue weighted by atomic mass is 35.5. The molecular weight excluding hydrogens is 380 g/mol. The van der Waals surface area contributed by atoms with Crippen molar-refractivity contribution in [3.63, 3.8) is 0 Å². The molecule has 1 amide bonds. The lowest BCUT2D eigenvalue weighted by Crippen LogP contribution is -2.33. The lowest BCUT2D eigenvalue weighted by atomic mass is 10.0. The van der Waals surface area contributed by atoms with Gasteiger partial charge in [0, 0.05) is 23.8 Å². The highest BCUT2D eigenvalue weighted by Crippen LogP contribution is 2.20. The van der Waals surface area contributed by atoms with E-state index in [9.17, 15) is 14.4 Å². The maximum atomic E-state index is 12.9. The number of aromatic nitrogens is 3. The largest absolute Gasteiger partial charge is 0.348 e. The van der Waals surface area contributed by atoms with Crippen LogP contribution in [-0.4, -0.2) is 20.4 Å². The minimum atomic E-state index is -0.625. The number of amides is 1. The molecule has 1 aromatic carbocycles. The average molecular weight is 401 g/mol. The van der Waals surface area contributed by atoms with Crippen molar-refractivity contribution in [2.45, 2.75) is 39.8 Å². The molecule has 0 saturated carbocycles. The molecule has 28 heavy (non-hydrogen) atoms. The number of benzene rings is 1. The fraction of sp³-hybridized carbons (Fsp3) is 0.300. The molecule has 2 heterocycles. The third kappa shape index (κ3) is 3.84. The second kappa shape index (κ2) is 7.98. The van der Waals surface area contributed by atoms with Crippen molar-refractivity contribution in [2.24, 2.45) is 0 Å². The SMILES string of the molecule is CCn1c(=O)[nH]c(=O)c2c(C(=O)NCc3cccc(Cl)c3)cc(C(C)C)nc21. The summed E-state index contributed by atoms with van der Waals surface area (Å²) in [5, 5.41) is 3.50. The van der Waals surface area contributed by atoms with Crippen LogP contribution in [0.3, 0.4) is 0 Å². The van der Waals surface area contributed by atoms with Gasteiger partial charge in [-0.05, 0) is 36.6 Å². The first-order valence-corrected chi connectivity index (χ1v) is 9.40. The van der Waals surface area contributed by atoms with E-state index >= 15 is 0 Å². The lowest BCUT2D eigenvalue weighted by Gasteiger charge is -2.14. The normalized spacial score (nSPS) is 11.2. The van der Waals surface area contributed by atoms with Crippen LogP contribution in [0.25, 0.3) is 11.0 Å². The first kappa shape index (κ1) is 19.8. The fourth-order valence-electron chi connectivity index (χ4n) is 2.99. The molecular formula is C20H21ClN4O3. The first-order valence-electron chi connectivity index (χ1n) is 9.02. The van der Waals surface area contributed by atoms with E-state index < -0.39 is 17.2 Å². The smallest absolute Gasteiger partial charge is 0.329 e. The van der Waals surface area contributed by atoms with E-state index in [4.69, 9.17) is 11.6 Å². The molecule has 7 nitrogen and oxygen atoms in total. The Morgan fingerprint density at radius 2 is 2.04 bits per heavy atom. The number of nitrogens with zero attached hydrogens (tertiary/aromatic N) is 2. The molecule has 3 aromatic rings. The molecule has 3 rings (SSSR count). The van der Waals surface area contributed by atoms with E-state index in [1.165, 1.54) is 4.57 Å². The number of fused-ring (bicyclic) bond motifs is 1. The van der Waals surface area contributed by atoms with Crippen molar-refractivity contribution in [3.05, 3.63) is 73.0 Å². The van der Waals surface area contributed by atoms with Gasteiger partial charge in [-0.1, -0.05) is 37.6 Å². The van der Waals surface area contributed by atoms with Gasteiger partial charge in [0.25, 0.3) is 11.5 Å². The second-order valence-electron chi connectivity index (χ2n) is 6.76. The van der Waals surface area contributed by atoms with E-state index in [1.54, 1.807) is 31.2 Å². The Hall–Kier alpha value is -2.93. The number of aryl methyl sites for hydroxylation is 1. The van der Waals surface area contributed by atoms with E-state index in [0.29, 0.717) is 17.3 Å². The van der Waals surface area contributed by atoms with Gasteiger partial charge >= 0.3 is 5.69 Å². The van der Waals surface area contributed by atoms with Gasteiger partial charge in [0.2, 0.25) is 0 Å². The maximum Gasteiger partial charge on any atom is 0.329 e. The van der Waals surface area contributed by atoms with Crippen molar-refractivity contribution in [1.82, 2.24) is 19.9 Å². The minimum Gasteiger partial charge on any atom is -0.348 e. The number of H-pyrrole nitrogens is 1. The van der Waals surface area contributed by atoms with Gasteiger partial charge in [0.15, 0.2) is 5.65 Å². The van der Waals surface area contributed by atoms with E-state index in [1.807, 2.05) is 19.9 Å². The van der Waals surface area contributed by atoms with Gasteiger partial charge in [-0.2, -0.15) is 0 Å². The summed E-state index contributed by atoms with van der Waals surface area (Å²) in [6.45, 7) is 6.23. The number of aromatic amines is 1. The van der Waals surface area contributed by atoms with Crippen LogP contribution in [-0.2, 0) is 13.1 Å². The van der Waals surface area contributed by atoms with Crippen LogP contribution in [0.2, 0.25) is 5.02 Å². The molecule has 8 heteroatoms. The predicted octanol–water partition coefficient (Wildman–Crippen LogP) is 2.81. The Morgan fingerprint density at radius 3 is 2.68 bits per heavy atom. The zero-order valence-electron chi connectivity index (χ0n) is 15.9. The molecule has 0 bridgehead atoms. The summed E-state index contributed by atoms with van der Waals surface area (Å²) in [5.74, 6) is -0.398. The summed E-state index contributed by atoms with van der Waals surface area (Å²) >= 11 is 5.98. The zero-order valence-corrected chi connectivity index (χ0v) is 16.6. The molecule has 2 N–H and O–H groups in total. The van der Waals surface area contributed by atoms with Crippen molar-refractivity contribution in [2.75, 3.05) is 0 Å². The molecule has 0 aliphatic heterocycles. The van der Waals surface area contributed by atoms with Crippen LogP contribution >= 0.6 is 11.6 Å². The second-order valence-corrected chi connectivity index (χ2v) is 7.20. The third-order valence-electron chi connectivity index (χ3n) is 4.46. The first-order chi connectivity index (χ1) is 13.3. The number of pyridine rings is 1. The van der Waals surface area contributed by atoms with Gasteiger partial charge in [0.1, 0.15) is 0 Å². The zero-order chi connectivity index (χ0) is 20.4. The molecule has 0 saturated heterocycles. The molecule has 0 fully saturated rings. The summed E-state index contributed by atoms with van der Waals surface area (Å²) in [6.07, 6.45) is 0. The van der Waals surface area contributed by atoms with Crippen LogP contribution in [0.1, 0.15) is 48.3 Å². The Labute approximate surface area is 166 Å². The molecule has 0 aliphatic rings. The highest BCUT2D eigenvalue weighted by Gasteiger charge is 2.20. The molecule has 0 atom stereocenters. The van der Waals surface area contributed by atoms with Crippen molar-refractivity contribution >= 4 is 28.5 Å². The van der Waals surface area contributed by atoms with Gasteiger partial charge in [-0.25, -0.2) is 9.78 Å². The fourth-order valence-corrected chi connectivity index (χ4v) is 3.20. The van der Waals surface area contributed by atoms with Crippen molar-refractivity contribution in [1.29, 1.82) is 0 Å². The van der Waals surface area contributed by atoms with Crippen molar-refractivity contribution < 1.29 is 4.79 Å². The van der Waals surface area contributed by atoms with Crippen LogP contribution in [0.5, 0.6) is 0 Å². The Morgan fingerprint density at radius 1 is 1.29 bits per heavy atom. The highest BCUT2D eigenvalue weighted by molar-refractivity contribution is 6.30. The number of rotatable bonds is 5. The maximum absolute atomic E-state index is 12.9. The van der Waals surface area contributed by atoms with Gasteiger partial charge in [-0.3, -0.25) is 19.1 Å². The summed E-state index contributed by atoms with van der Waals surface area (Å²) in [4.78, 5) is 44.3. The summed E-state index contributed by atoms with van der Waals surface area (Å²) in [7, 11) is 0. The number of hydrogen-bond acceptors (Lipinski definition) is 4. The van der Waals surface area contributed by atoms with E-state index in [2.05, 4.69) is 15.3 Å². The Balaban J connectivity index is 2.11. The van der Waals surface area contributed by atoms with Gasteiger partial charge in [-0.15, -0.1) is 0 Å².